The topological polar surface area (TPSA) is 81.4 Å². The molecule has 6 nitrogen and oxygen atoms in total. The van der Waals surface area contributed by atoms with E-state index >= 15 is 0 Å². The Morgan fingerprint density at radius 3 is 2.57 bits per heavy atom. The van der Waals surface area contributed by atoms with Crippen molar-refractivity contribution in [2.45, 2.75) is 20.0 Å². The third-order valence-corrected chi connectivity index (χ3v) is 2.91. The van der Waals surface area contributed by atoms with Gasteiger partial charge in [0.05, 0.1) is 0 Å². The van der Waals surface area contributed by atoms with Crippen molar-refractivity contribution in [3.8, 4) is 11.5 Å². The zero-order valence-corrected chi connectivity index (χ0v) is 12.0. The van der Waals surface area contributed by atoms with E-state index in [1.165, 1.54) is 14.0 Å². The fourth-order valence-corrected chi connectivity index (χ4v) is 1.76. The van der Waals surface area contributed by atoms with E-state index in [4.69, 9.17) is 9.15 Å². The first-order valence-corrected chi connectivity index (χ1v) is 6.48. The van der Waals surface area contributed by atoms with Gasteiger partial charge in [0.25, 0.3) is 5.91 Å². The van der Waals surface area contributed by atoms with Gasteiger partial charge in [0, 0.05) is 12.6 Å². The summed E-state index contributed by atoms with van der Waals surface area (Å²) in [4.78, 5) is 27.5. The molecule has 1 aromatic carbocycles. The lowest BCUT2D eigenvalue weighted by Crippen LogP contribution is -2.33. The molecule has 0 spiro atoms. The predicted octanol–water partition coefficient (Wildman–Crippen LogP) is 1.94. The highest BCUT2D eigenvalue weighted by molar-refractivity contribution is 5.91. The van der Waals surface area contributed by atoms with Crippen molar-refractivity contribution < 1.29 is 18.7 Å². The number of carbonyl (C=O) groups is 2. The number of carbonyl (C=O) groups excluding carboxylic acids is 2. The first-order valence-electron chi connectivity index (χ1n) is 6.48. The van der Waals surface area contributed by atoms with Gasteiger partial charge in [-0.2, -0.15) is 0 Å². The van der Waals surface area contributed by atoms with Gasteiger partial charge in [-0.25, -0.2) is 9.78 Å². The van der Waals surface area contributed by atoms with E-state index in [-0.39, 0.29) is 11.6 Å². The Kier molecular flexibility index (Phi) is 4.37. The fourth-order valence-electron chi connectivity index (χ4n) is 1.76. The molecular formula is C15H16N2O4. The summed E-state index contributed by atoms with van der Waals surface area (Å²) in [5.74, 6) is -0.377. The number of nitrogens with one attached hydrogen (secondary N) is 1. The lowest BCUT2D eigenvalue weighted by molar-refractivity contribution is -0.128. The van der Waals surface area contributed by atoms with Crippen LogP contribution in [-0.2, 0) is 9.53 Å². The lowest BCUT2D eigenvalue weighted by Gasteiger charge is -2.10. The summed E-state index contributed by atoms with van der Waals surface area (Å²) >= 11 is 0. The molecule has 0 saturated heterocycles. The standard InChI is InChI=1S/C15H16N2O4/c1-9-12(15(19)21-10(2)13(18)16-3)17-14(20-9)11-7-5-4-6-8-11/h4-8,10H,1-3H3,(H,16,18)/t10-/m1/s1. The van der Waals surface area contributed by atoms with Gasteiger partial charge < -0.3 is 14.5 Å². The van der Waals surface area contributed by atoms with E-state index in [1.807, 2.05) is 30.3 Å². The Morgan fingerprint density at radius 1 is 1.29 bits per heavy atom. The van der Waals surface area contributed by atoms with Crippen LogP contribution in [0.1, 0.15) is 23.2 Å². The van der Waals surface area contributed by atoms with Crippen molar-refractivity contribution in [2.24, 2.45) is 0 Å². The molecule has 1 atom stereocenters. The average molecular weight is 288 g/mol. The van der Waals surface area contributed by atoms with Crippen molar-refractivity contribution in [1.29, 1.82) is 0 Å². The van der Waals surface area contributed by atoms with Crippen molar-refractivity contribution in [3.63, 3.8) is 0 Å². The maximum atomic E-state index is 12.0. The van der Waals surface area contributed by atoms with E-state index in [0.29, 0.717) is 11.7 Å². The smallest absolute Gasteiger partial charge is 0.361 e. The van der Waals surface area contributed by atoms with E-state index in [0.717, 1.165) is 5.56 Å². The van der Waals surface area contributed by atoms with Crippen molar-refractivity contribution in [3.05, 3.63) is 41.8 Å². The monoisotopic (exact) mass is 288 g/mol. The first kappa shape index (κ1) is 14.8. The molecule has 0 bridgehead atoms. The van der Waals surface area contributed by atoms with E-state index in [9.17, 15) is 9.59 Å². The summed E-state index contributed by atoms with van der Waals surface area (Å²) in [6.45, 7) is 3.12. The lowest BCUT2D eigenvalue weighted by atomic mass is 10.2. The number of oxazole rings is 1. The van der Waals surface area contributed by atoms with Crippen LogP contribution in [0.5, 0.6) is 0 Å². The van der Waals surface area contributed by atoms with Gasteiger partial charge in [-0.1, -0.05) is 18.2 Å². The average Bonchev–Trinajstić information content (AvgIpc) is 2.89. The fraction of sp³-hybridized carbons (Fsp3) is 0.267. The summed E-state index contributed by atoms with van der Waals surface area (Å²) in [6.07, 6.45) is -0.890. The van der Waals surface area contributed by atoms with Crippen molar-refractivity contribution in [1.82, 2.24) is 10.3 Å². The number of rotatable bonds is 4. The van der Waals surface area contributed by atoms with Crippen LogP contribution in [0.15, 0.2) is 34.7 Å². The normalized spacial score (nSPS) is 11.8. The Hall–Kier alpha value is -2.63. The number of aromatic nitrogens is 1. The van der Waals surface area contributed by atoms with Gasteiger partial charge in [0.15, 0.2) is 11.8 Å². The zero-order valence-electron chi connectivity index (χ0n) is 12.0. The van der Waals surface area contributed by atoms with Crippen LogP contribution in [0.3, 0.4) is 0 Å². The van der Waals surface area contributed by atoms with E-state index in [2.05, 4.69) is 10.3 Å². The minimum Gasteiger partial charge on any atom is -0.448 e. The highest BCUT2D eigenvalue weighted by Crippen LogP contribution is 2.22. The molecule has 0 unspecified atom stereocenters. The van der Waals surface area contributed by atoms with Gasteiger partial charge in [0.1, 0.15) is 5.76 Å². The zero-order chi connectivity index (χ0) is 15.4. The second-order valence-electron chi connectivity index (χ2n) is 4.45. The summed E-state index contributed by atoms with van der Waals surface area (Å²) in [7, 11) is 1.47. The predicted molar refractivity (Wildman–Crippen MR) is 75.6 cm³/mol. The molecule has 1 N–H and O–H groups in total. The van der Waals surface area contributed by atoms with Gasteiger partial charge in [-0.05, 0) is 26.0 Å². The molecule has 1 heterocycles. The summed E-state index contributed by atoms with van der Waals surface area (Å²) in [5.41, 5.74) is 0.837. The molecule has 0 fully saturated rings. The number of amides is 1. The third kappa shape index (κ3) is 3.28. The van der Waals surface area contributed by atoms with Crippen molar-refractivity contribution in [2.75, 3.05) is 7.05 Å². The van der Waals surface area contributed by atoms with Crippen LogP contribution in [-0.4, -0.2) is 30.0 Å². The first-order chi connectivity index (χ1) is 10.0. The molecule has 21 heavy (non-hydrogen) atoms. The molecular weight excluding hydrogens is 272 g/mol. The highest BCUT2D eigenvalue weighted by Gasteiger charge is 2.23. The molecule has 2 rings (SSSR count). The van der Waals surface area contributed by atoms with Crippen LogP contribution in [0.25, 0.3) is 11.5 Å². The summed E-state index contributed by atoms with van der Waals surface area (Å²) in [6, 6.07) is 9.22. The minimum absolute atomic E-state index is 0.0737. The van der Waals surface area contributed by atoms with Crippen LogP contribution < -0.4 is 5.32 Å². The van der Waals surface area contributed by atoms with Crippen LogP contribution in [0.2, 0.25) is 0 Å². The molecule has 2 aromatic rings. The molecule has 110 valence electrons. The molecule has 0 aliphatic carbocycles. The van der Waals surface area contributed by atoms with Crippen molar-refractivity contribution >= 4 is 11.9 Å². The molecule has 0 saturated carbocycles. The second-order valence-corrected chi connectivity index (χ2v) is 4.45. The van der Waals surface area contributed by atoms with Crippen LogP contribution >= 0.6 is 0 Å². The Labute approximate surface area is 122 Å². The Balaban J connectivity index is 2.19. The third-order valence-electron chi connectivity index (χ3n) is 2.91. The summed E-state index contributed by atoms with van der Waals surface area (Å²) in [5, 5.41) is 2.41. The number of hydrogen-bond acceptors (Lipinski definition) is 5. The number of likely N-dealkylation sites (N-methyl/N-ethyl adjacent to an activating group) is 1. The number of nitrogens with zero attached hydrogens (tertiary/aromatic N) is 1. The Morgan fingerprint density at radius 2 is 1.95 bits per heavy atom. The number of hydrogen-bond donors (Lipinski definition) is 1. The molecule has 0 radical (unpaired) electrons. The largest absolute Gasteiger partial charge is 0.448 e. The minimum atomic E-state index is -0.890. The maximum absolute atomic E-state index is 12.0. The van der Waals surface area contributed by atoms with Crippen LogP contribution in [0, 0.1) is 6.92 Å². The number of esters is 1. The highest BCUT2D eigenvalue weighted by atomic mass is 16.5. The van der Waals surface area contributed by atoms with Gasteiger partial charge >= 0.3 is 5.97 Å². The number of benzene rings is 1. The van der Waals surface area contributed by atoms with Gasteiger partial charge in [-0.3, -0.25) is 4.79 Å². The molecule has 1 aromatic heterocycles. The molecule has 6 heteroatoms. The second kappa shape index (κ2) is 6.21. The number of ether oxygens (including phenoxy) is 1. The van der Waals surface area contributed by atoms with E-state index in [1.54, 1.807) is 6.92 Å². The van der Waals surface area contributed by atoms with Gasteiger partial charge in [-0.15, -0.1) is 0 Å². The molecule has 1 amide bonds. The Bertz CT molecular complexity index is 649. The SMILES string of the molecule is CNC(=O)[C@@H](C)OC(=O)c1nc(-c2ccccc2)oc1C. The number of aryl methyl sites for hydroxylation is 1. The molecule has 0 aliphatic rings. The quantitative estimate of drug-likeness (QED) is 0.869. The van der Waals surface area contributed by atoms with Gasteiger partial charge in [0.2, 0.25) is 5.89 Å². The molecule has 0 aliphatic heterocycles. The van der Waals surface area contributed by atoms with Crippen LogP contribution in [0.4, 0.5) is 0 Å². The summed E-state index contributed by atoms with van der Waals surface area (Å²) < 4.78 is 10.5. The maximum Gasteiger partial charge on any atom is 0.361 e. The van der Waals surface area contributed by atoms with E-state index < -0.39 is 12.1 Å².